The van der Waals surface area contributed by atoms with E-state index in [1.54, 1.807) is 11.0 Å². The topological polar surface area (TPSA) is 185 Å². The number of benzene rings is 3. The van der Waals surface area contributed by atoms with Crippen LogP contribution < -0.4 is 26.6 Å². The maximum atomic E-state index is 13.1. The Morgan fingerprint density at radius 1 is 0.852 bits per heavy atom. The number of nitrogens with zero attached hydrogens (tertiary/aromatic N) is 3. The zero-order valence-electron chi connectivity index (χ0n) is 34.3. The Kier molecular flexibility index (Phi) is 13.0. The molecule has 5 heterocycles. The fourth-order valence-electron chi connectivity index (χ4n) is 9.35. The summed E-state index contributed by atoms with van der Waals surface area (Å²) in [7, 11) is 0. The van der Waals surface area contributed by atoms with E-state index < -0.39 is 11.9 Å². The Hall–Kier alpha value is -6.12. The zero-order chi connectivity index (χ0) is 42.3. The van der Waals surface area contributed by atoms with Crippen LogP contribution in [0, 0.1) is 5.92 Å². The second kappa shape index (κ2) is 19.1. The summed E-state index contributed by atoms with van der Waals surface area (Å²) in [5.74, 6) is -0.772. The van der Waals surface area contributed by atoms with Crippen molar-refractivity contribution in [2.45, 2.75) is 89.0 Å². The van der Waals surface area contributed by atoms with Crippen molar-refractivity contribution in [1.82, 2.24) is 25.4 Å². The third-order valence-corrected chi connectivity index (χ3v) is 12.5. The van der Waals surface area contributed by atoms with Gasteiger partial charge in [-0.3, -0.25) is 39.2 Å². The molecule has 3 aromatic carbocycles. The minimum absolute atomic E-state index is 0.00122. The fraction of sp³-hybridized carbons (Fsp3) is 0.404. The number of carbonyl (C=O) groups is 5. The number of amides is 5. The van der Waals surface area contributed by atoms with Gasteiger partial charge in [0.2, 0.25) is 23.6 Å². The smallest absolute Gasteiger partial charge is 0.255 e. The molecule has 8 rings (SSSR count). The molecule has 0 aliphatic carbocycles. The van der Waals surface area contributed by atoms with Gasteiger partial charge in [-0.25, -0.2) is 0 Å². The Balaban J connectivity index is 0.747. The van der Waals surface area contributed by atoms with E-state index in [1.807, 2.05) is 42.7 Å². The van der Waals surface area contributed by atoms with Gasteiger partial charge in [-0.1, -0.05) is 24.3 Å². The highest BCUT2D eigenvalue weighted by atomic mass is 16.3. The molecule has 318 valence electrons. The number of anilines is 3. The van der Waals surface area contributed by atoms with Crippen LogP contribution in [0.15, 0.2) is 85.2 Å². The summed E-state index contributed by atoms with van der Waals surface area (Å²) in [6, 6.07) is 23.5. The highest BCUT2D eigenvalue weighted by molar-refractivity contribution is 6.06. The molecule has 6 N–H and O–H groups in total. The predicted molar refractivity (Wildman–Crippen MR) is 232 cm³/mol. The summed E-state index contributed by atoms with van der Waals surface area (Å²) in [6.45, 7) is 3.36. The minimum atomic E-state index is -0.653. The highest BCUT2D eigenvalue weighted by Crippen LogP contribution is 2.48. The van der Waals surface area contributed by atoms with Gasteiger partial charge in [0.15, 0.2) is 0 Å². The number of rotatable bonds is 17. The molecular formula is C47H54N8O6. The monoisotopic (exact) mass is 826 g/mol. The minimum Gasteiger partial charge on any atom is -0.394 e. The van der Waals surface area contributed by atoms with Crippen molar-refractivity contribution in [2.75, 3.05) is 42.2 Å². The Labute approximate surface area is 355 Å². The van der Waals surface area contributed by atoms with Crippen LogP contribution in [0.1, 0.15) is 90.9 Å². The van der Waals surface area contributed by atoms with E-state index in [0.717, 1.165) is 66.1 Å². The lowest BCUT2D eigenvalue weighted by atomic mass is 9.82. The van der Waals surface area contributed by atoms with Crippen LogP contribution in [0.4, 0.5) is 17.1 Å². The standard InChI is InChI=1S/C47H54N8O6/c56-29-40-35-19-24-54(27-30-17-22-48-23-18-30)45(35)36-26-32(13-14-39(36)52-40)31-7-5-8-33(25-31)51-43(58)12-2-1-11-42(57)50-21-4-3-20-49-38-10-6-9-34-37(38)28-55(47(34)61)41-15-16-44(59)53-46(41)60/h5-10,13-14,17-18,22-23,25-26,35,40-41,45,49,52,56H,1-4,11-12,15-16,19-21,24,27-29H2,(H,50,57)(H,51,58)(H,53,59,60)/t35-,40-,41?,45-/m1/s1. The van der Waals surface area contributed by atoms with Gasteiger partial charge in [-0.15, -0.1) is 0 Å². The molecule has 4 aliphatic rings. The molecule has 4 atom stereocenters. The van der Waals surface area contributed by atoms with Crippen LogP contribution in [0.25, 0.3) is 11.1 Å². The second-order valence-corrected chi connectivity index (χ2v) is 16.5. The number of carbonyl (C=O) groups excluding carboxylic acids is 5. The molecule has 4 aromatic rings. The van der Waals surface area contributed by atoms with Crippen LogP contribution >= 0.6 is 0 Å². The summed E-state index contributed by atoms with van der Waals surface area (Å²) in [5.41, 5.74) is 8.55. The number of hydrogen-bond acceptors (Lipinski definition) is 10. The summed E-state index contributed by atoms with van der Waals surface area (Å²) in [4.78, 5) is 70.8. The van der Waals surface area contributed by atoms with Crippen molar-refractivity contribution in [3.63, 3.8) is 0 Å². The van der Waals surface area contributed by atoms with Crippen LogP contribution in [0.3, 0.4) is 0 Å². The summed E-state index contributed by atoms with van der Waals surface area (Å²) >= 11 is 0. The number of likely N-dealkylation sites (tertiary alicyclic amines) is 1. The Morgan fingerprint density at radius 2 is 1.64 bits per heavy atom. The van der Waals surface area contributed by atoms with E-state index in [1.165, 1.54) is 11.1 Å². The molecule has 0 spiro atoms. The average Bonchev–Trinajstić information content (AvgIpc) is 3.84. The van der Waals surface area contributed by atoms with Crippen molar-refractivity contribution < 1.29 is 29.1 Å². The number of nitrogens with one attached hydrogen (secondary N) is 5. The second-order valence-electron chi connectivity index (χ2n) is 16.5. The molecule has 1 aromatic heterocycles. The number of aliphatic hydroxyl groups is 1. The van der Waals surface area contributed by atoms with Gasteiger partial charge >= 0.3 is 0 Å². The van der Waals surface area contributed by atoms with E-state index >= 15 is 0 Å². The molecule has 4 aliphatic heterocycles. The van der Waals surface area contributed by atoms with Gasteiger partial charge in [0, 0.05) is 98.0 Å². The number of fused-ring (bicyclic) bond motifs is 4. The van der Waals surface area contributed by atoms with E-state index in [-0.39, 0.29) is 48.7 Å². The number of pyridine rings is 1. The lowest BCUT2D eigenvalue weighted by Gasteiger charge is -2.39. The molecule has 0 saturated carbocycles. The van der Waals surface area contributed by atoms with E-state index in [9.17, 15) is 29.1 Å². The fourth-order valence-corrected chi connectivity index (χ4v) is 9.35. The van der Waals surface area contributed by atoms with Crippen LogP contribution in [-0.2, 0) is 32.3 Å². The maximum Gasteiger partial charge on any atom is 0.255 e. The first-order valence-electron chi connectivity index (χ1n) is 21.6. The molecule has 2 fully saturated rings. The third-order valence-electron chi connectivity index (χ3n) is 12.5. The quantitative estimate of drug-likeness (QED) is 0.0598. The molecule has 1 unspecified atom stereocenters. The van der Waals surface area contributed by atoms with Crippen LogP contribution in [0.5, 0.6) is 0 Å². The normalized spacial score (nSPS) is 20.6. The number of piperidine rings is 1. The van der Waals surface area contributed by atoms with E-state index in [4.69, 9.17) is 0 Å². The molecule has 5 amide bonds. The molecule has 14 heteroatoms. The Morgan fingerprint density at radius 3 is 2.46 bits per heavy atom. The molecule has 14 nitrogen and oxygen atoms in total. The van der Waals surface area contributed by atoms with Gasteiger partial charge in [0.25, 0.3) is 5.91 Å². The maximum absolute atomic E-state index is 13.1. The summed E-state index contributed by atoms with van der Waals surface area (Å²) < 4.78 is 0. The number of imide groups is 1. The number of hydrogen-bond donors (Lipinski definition) is 6. The van der Waals surface area contributed by atoms with E-state index in [2.05, 4.69) is 72.9 Å². The van der Waals surface area contributed by atoms with Crippen LogP contribution in [-0.4, -0.2) is 87.8 Å². The van der Waals surface area contributed by atoms with Gasteiger partial charge in [0.05, 0.1) is 12.6 Å². The van der Waals surface area contributed by atoms with Gasteiger partial charge in [-0.05, 0) is 116 Å². The highest BCUT2D eigenvalue weighted by Gasteiger charge is 2.44. The van der Waals surface area contributed by atoms with Crippen LogP contribution in [0.2, 0.25) is 0 Å². The summed E-state index contributed by atoms with van der Waals surface area (Å²) in [6.07, 6.45) is 8.65. The lowest BCUT2D eigenvalue weighted by Crippen LogP contribution is -2.52. The van der Waals surface area contributed by atoms with E-state index in [0.29, 0.717) is 63.2 Å². The van der Waals surface area contributed by atoms with Crippen molar-refractivity contribution in [3.05, 3.63) is 107 Å². The average molecular weight is 827 g/mol. The molecular weight excluding hydrogens is 773 g/mol. The molecule has 2 saturated heterocycles. The first kappa shape index (κ1) is 41.6. The Bertz CT molecular complexity index is 2270. The van der Waals surface area contributed by atoms with Crippen molar-refractivity contribution in [3.8, 4) is 11.1 Å². The molecule has 61 heavy (non-hydrogen) atoms. The van der Waals surface area contributed by atoms with Gasteiger partial charge in [-0.2, -0.15) is 0 Å². The zero-order valence-corrected chi connectivity index (χ0v) is 34.3. The molecule has 0 bridgehead atoms. The SMILES string of the molecule is O=C(CCCCC(=O)Nc1cccc(-c2ccc3c(c2)[C@H]2[C@H](CCN2Cc2ccncc2)[C@@H](CO)N3)c1)NCCCCNc1cccc2c1CN(C1CCC(=O)NC1=O)C2=O. The number of aliphatic hydroxyl groups excluding tert-OH is 1. The van der Waals surface area contributed by atoms with Crippen molar-refractivity contribution in [1.29, 1.82) is 0 Å². The first-order chi connectivity index (χ1) is 29.7. The van der Waals surface area contributed by atoms with Gasteiger partial charge in [0.1, 0.15) is 6.04 Å². The number of aromatic nitrogens is 1. The lowest BCUT2D eigenvalue weighted by molar-refractivity contribution is -0.137. The first-order valence-corrected chi connectivity index (χ1v) is 21.6. The third kappa shape index (κ3) is 9.60. The van der Waals surface area contributed by atoms with Crippen molar-refractivity contribution in [2.24, 2.45) is 5.92 Å². The predicted octanol–water partition coefficient (Wildman–Crippen LogP) is 5.37. The van der Waals surface area contributed by atoms with Crippen molar-refractivity contribution >= 4 is 46.6 Å². The largest absolute Gasteiger partial charge is 0.394 e. The number of unbranched alkanes of at least 4 members (excludes halogenated alkanes) is 2. The summed E-state index contributed by atoms with van der Waals surface area (Å²) in [5, 5.41) is 25.6. The van der Waals surface area contributed by atoms with Gasteiger partial charge < -0.3 is 31.3 Å². The molecule has 0 radical (unpaired) electrons.